The Morgan fingerprint density at radius 3 is 2.41 bits per heavy atom. The molecule has 3 nitrogen and oxygen atoms in total. The fraction of sp³-hybridized carbons (Fsp3) is 0.250. The highest BCUT2D eigenvalue weighted by molar-refractivity contribution is 5.55. The molecule has 0 spiro atoms. The average molecular weight is 309 g/mol. The van der Waals surface area contributed by atoms with Crippen LogP contribution in [-0.2, 0) is 12.6 Å². The van der Waals surface area contributed by atoms with Crippen molar-refractivity contribution < 1.29 is 22.6 Å². The summed E-state index contributed by atoms with van der Waals surface area (Å²) in [4.78, 5) is 0. The van der Waals surface area contributed by atoms with Crippen LogP contribution in [-0.4, -0.2) is 13.3 Å². The van der Waals surface area contributed by atoms with E-state index in [-0.39, 0.29) is 6.79 Å². The molecule has 0 bridgehead atoms. The molecular formula is C16H14F3NO2. The van der Waals surface area contributed by atoms with Crippen molar-refractivity contribution in [1.29, 1.82) is 0 Å². The Morgan fingerprint density at radius 2 is 1.68 bits per heavy atom. The van der Waals surface area contributed by atoms with Crippen LogP contribution in [0.15, 0.2) is 42.5 Å². The van der Waals surface area contributed by atoms with E-state index >= 15 is 0 Å². The van der Waals surface area contributed by atoms with Crippen LogP contribution in [0.5, 0.6) is 11.5 Å². The Bertz CT molecular complexity index is 653. The maximum absolute atomic E-state index is 12.5. The molecule has 0 aliphatic carbocycles. The van der Waals surface area contributed by atoms with E-state index in [0.29, 0.717) is 24.5 Å². The molecule has 0 saturated carbocycles. The number of hydrogen-bond donors (Lipinski definition) is 1. The second kappa shape index (κ2) is 5.79. The first kappa shape index (κ1) is 14.6. The zero-order valence-electron chi connectivity index (χ0n) is 11.6. The van der Waals surface area contributed by atoms with Gasteiger partial charge in [-0.15, -0.1) is 0 Å². The number of fused-ring (bicyclic) bond motifs is 1. The van der Waals surface area contributed by atoms with E-state index < -0.39 is 11.7 Å². The van der Waals surface area contributed by atoms with E-state index in [1.54, 1.807) is 0 Å². The molecule has 2 aromatic rings. The molecule has 2 aromatic carbocycles. The summed E-state index contributed by atoms with van der Waals surface area (Å²) in [6.45, 7) is 0.843. The third-order valence-electron chi connectivity index (χ3n) is 3.40. The van der Waals surface area contributed by atoms with Crippen molar-refractivity contribution in [3.63, 3.8) is 0 Å². The zero-order chi connectivity index (χ0) is 15.6. The van der Waals surface area contributed by atoms with Gasteiger partial charge in [0, 0.05) is 18.3 Å². The van der Waals surface area contributed by atoms with Gasteiger partial charge in [0.2, 0.25) is 6.79 Å². The molecule has 0 unspecified atom stereocenters. The lowest BCUT2D eigenvalue weighted by Crippen LogP contribution is -2.07. The summed E-state index contributed by atoms with van der Waals surface area (Å²) < 4.78 is 47.9. The van der Waals surface area contributed by atoms with Crippen LogP contribution in [0.4, 0.5) is 18.9 Å². The van der Waals surface area contributed by atoms with Crippen LogP contribution >= 0.6 is 0 Å². The fourth-order valence-corrected chi connectivity index (χ4v) is 2.22. The molecule has 0 saturated heterocycles. The number of hydrogen-bond acceptors (Lipinski definition) is 3. The Hall–Kier alpha value is -2.37. The highest BCUT2D eigenvalue weighted by Crippen LogP contribution is 2.34. The molecule has 0 radical (unpaired) electrons. The summed E-state index contributed by atoms with van der Waals surface area (Å²) in [6, 6.07) is 10.8. The minimum Gasteiger partial charge on any atom is -0.454 e. The first-order valence-electron chi connectivity index (χ1n) is 6.82. The molecule has 22 heavy (non-hydrogen) atoms. The average Bonchev–Trinajstić information content (AvgIpc) is 2.94. The normalized spacial score (nSPS) is 13.2. The Kier molecular flexibility index (Phi) is 3.83. The molecule has 1 heterocycles. The van der Waals surface area contributed by atoms with E-state index in [1.165, 1.54) is 12.1 Å². The first-order valence-corrected chi connectivity index (χ1v) is 6.82. The van der Waals surface area contributed by atoms with Gasteiger partial charge in [-0.05, 0) is 36.2 Å². The van der Waals surface area contributed by atoms with Crippen LogP contribution in [0.2, 0.25) is 0 Å². The molecule has 1 aliphatic heterocycles. The summed E-state index contributed by atoms with van der Waals surface area (Å²) in [6.07, 6.45) is -3.66. The maximum Gasteiger partial charge on any atom is 0.416 e. The quantitative estimate of drug-likeness (QED) is 0.923. The van der Waals surface area contributed by atoms with Crippen molar-refractivity contribution in [3.05, 3.63) is 53.6 Å². The van der Waals surface area contributed by atoms with Crippen LogP contribution < -0.4 is 14.8 Å². The molecule has 1 aliphatic rings. The molecule has 6 heteroatoms. The number of ether oxygens (including phenoxy) is 2. The van der Waals surface area contributed by atoms with Crippen LogP contribution in [0, 0.1) is 0 Å². The van der Waals surface area contributed by atoms with Gasteiger partial charge in [-0.2, -0.15) is 13.2 Å². The lowest BCUT2D eigenvalue weighted by Gasteiger charge is -2.09. The van der Waals surface area contributed by atoms with Crippen molar-refractivity contribution in [1.82, 2.24) is 0 Å². The van der Waals surface area contributed by atoms with Crippen molar-refractivity contribution in [2.75, 3.05) is 18.7 Å². The third kappa shape index (κ3) is 3.27. The zero-order valence-corrected chi connectivity index (χ0v) is 11.6. The smallest absolute Gasteiger partial charge is 0.416 e. The SMILES string of the molecule is FC(F)(F)c1ccc(CCNc2ccc3c(c2)OCO3)cc1. The van der Waals surface area contributed by atoms with Gasteiger partial charge in [0.15, 0.2) is 11.5 Å². The van der Waals surface area contributed by atoms with E-state index in [9.17, 15) is 13.2 Å². The summed E-state index contributed by atoms with van der Waals surface area (Å²) >= 11 is 0. The van der Waals surface area contributed by atoms with Crippen molar-refractivity contribution >= 4 is 5.69 Å². The van der Waals surface area contributed by atoms with Gasteiger partial charge in [-0.1, -0.05) is 12.1 Å². The van der Waals surface area contributed by atoms with Gasteiger partial charge in [-0.25, -0.2) is 0 Å². The summed E-state index contributed by atoms with van der Waals surface area (Å²) in [5.41, 5.74) is 1.11. The molecule has 0 amide bonds. The molecular weight excluding hydrogens is 295 g/mol. The monoisotopic (exact) mass is 309 g/mol. The summed E-state index contributed by atoms with van der Waals surface area (Å²) in [5, 5.41) is 3.21. The van der Waals surface area contributed by atoms with Crippen molar-refractivity contribution in [2.45, 2.75) is 12.6 Å². The van der Waals surface area contributed by atoms with Gasteiger partial charge >= 0.3 is 6.18 Å². The number of halogens is 3. The predicted octanol–water partition coefficient (Wildman–Crippen LogP) is 4.09. The Balaban J connectivity index is 1.55. The minimum atomic E-state index is -4.29. The summed E-state index contributed by atoms with van der Waals surface area (Å²) in [7, 11) is 0. The summed E-state index contributed by atoms with van der Waals surface area (Å²) in [5.74, 6) is 1.41. The highest BCUT2D eigenvalue weighted by Gasteiger charge is 2.29. The predicted molar refractivity (Wildman–Crippen MR) is 76.2 cm³/mol. The van der Waals surface area contributed by atoms with E-state index in [2.05, 4.69) is 5.32 Å². The number of anilines is 1. The molecule has 0 atom stereocenters. The maximum atomic E-state index is 12.5. The first-order chi connectivity index (χ1) is 10.5. The number of benzene rings is 2. The van der Waals surface area contributed by atoms with Gasteiger partial charge in [-0.3, -0.25) is 0 Å². The Morgan fingerprint density at radius 1 is 0.955 bits per heavy atom. The molecule has 0 fully saturated rings. The lowest BCUT2D eigenvalue weighted by atomic mass is 10.1. The van der Waals surface area contributed by atoms with Crippen molar-refractivity contribution in [3.8, 4) is 11.5 Å². The standard InChI is InChI=1S/C16H14F3NO2/c17-16(18,19)12-3-1-11(2-4-12)7-8-20-13-5-6-14-15(9-13)22-10-21-14/h1-6,9,20H,7-8,10H2. The topological polar surface area (TPSA) is 30.5 Å². The van der Waals surface area contributed by atoms with Crippen molar-refractivity contribution in [2.24, 2.45) is 0 Å². The van der Waals surface area contributed by atoms with Gasteiger partial charge in [0.1, 0.15) is 0 Å². The van der Waals surface area contributed by atoms with Gasteiger partial charge in [0.25, 0.3) is 0 Å². The number of nitrogens with one attached hydrogen (secondary N) is 1. The minimum absolute atomic E-state index is 0.227. The Labute approximate surface area is 125 Å². The number of alkyl halides is 3. The second-order valence-corrected chi connectivity index (χ2v) is 4.94. The third-order valence-corrected chi connectivity index (χ3v) is 3.40. The van der Waals surface area contributed by atoms with Crippen LogP contribution in [0.1, 0.15) is 11.1 Å². The van der Waals surface area contributed by atoms with E-state index in [4.69, 9.17) is 9.47 Å². The fourth-order valence-electron chi connectivity index (χ4n) is 2.22. The number of rotatable bonds is 4. The van der Waals surface area contributed by atoms with Crippen LogP contribution in [0.25, 0.3) is 0 Å². The van der Waals surface area contributed by atoms with E-state index in [0.717, 1.165) is 23.4 Å². The largest absolute Gasteiger partial charge is 0.454 e. The molecule has 0 aromatic heterocycles. The van der Waals surface area contributed by atoms with Crippen LogP contribution in [0.3, 0.4) is 0 Å². The van der Waals surface area contributed by atoms with Gasteiger partial charge in [0.05, 0.1) is 5.56 Å². The molecule has 116 valence electrons. The molecule has 1 N–H and O–H groups in total. The molecule has 3 rings (SSSR count). The van der Waals surface area contributed by atoms with Gasteiger partial charge < -0.3 is 14.8 Å². The second-order valence-electron chi connectivity index (χ2n) is 4.94. The van der Waals surface area contributed by atoms with E-state index in [1.807, 2.05) is 18.2 Å². The highest BCUT2D eigenvalue weighted by atomic mass is 19.4. The lowest BCUT2D eigenvalue weighted by molar-refractivity contribution is -0.137.